The number of hydrogen-bond donors (Lipinski definition) is 0. The van der Waals surface area contributed by atoms with Crippen molar-refractivity contribution in [2.75, 3.05) is 6.61 Å². The molecule has 5 nitrogen and oxygen atoms in total. The lowest BCUT2D eigenvalue weighted by Gasteiger charge is -2.17. The maximum Gasteiger partial charge on any atom is 0.316 e. The van der Waals surface area contributed by atoms with E-state index in [4.69, 9.17) is 4.74 Å². The van der Waals surface area contributed by atoms with Gasteiger partial charge in [0.2, 0.25) is 0 Å². The Bertz CT molecular complexity index is 604. The van der Waals surface area contributed by atoms with Crippen molar-refractivity contribution >= 4 is 17.0 Å². The van der Waals surface area contributed by atoms with E-state index in [2.05, 4.69) is 23.8 Å². The minimum Gasteiger partial charge on any atom is -0.465 e. The molecule has 0 N–H and O–H groups in total. The highest BCUT2D eigenvalue weighted by atomic mass is 16.5. The summed E-state index contributed by atoms with van der Waals surface area (Å²) >= 11 is 0. The third-order valence-corrected chi connectivity index (χ3v) is 3.31. The first kappa shape index (κ1) is 14.5. The van der Waals surface area contributed by atoms with E-state index in [-0.39, 0.29) is 11.9 Å². The zero-order valence-corrected chi connectivity index (χ0v) is 12.5. The van der Waals surface area contributed by atoms with Crippen molar-refractivity contribution in [3.05, 3.63) is 24.3 Å². The van der Waals surface area contributed by atoms with Crippen LogP contribution in [0.15, 0.2) is 18.5 Å². The molecule has 0 fully saturated rings. The Hall–Kier alpha value is -1.91. The van der Waals surface area contributed by atoms with Gasteiger partial charge in [-0.25, -0.2) is 4.98 Å². The summed E-state index contributed by atoms with van der Waals surface area (Å²) in [6.07, 6.45) is 4.18. The van der Waals surface area contributed by atoms with Crippen LogP contribution >= 0.6 is 0 Å². The van der Waals surface area contributed by atoms with E-state index >= 15 is 0 Å². The molecule has 2 aromatic rings. The number of carbonyl (C=O) groups excluding carboxylic acids is 1. The molecule has 0 saturated heterocycles. The van der Waals surface area contributed by atoms with Crippen LogP contribution < -0.4 is 0 Å². The van der Waals surface area contributed by atoms with E-state index in [1.807, 2.05) is 24.6 Å². The van der Waals surface area contributed by atoms with Crippen LogP contribution in [-0.4, -0.2) is 27.1 Å². The second-order valence-electron chi connectivity index (χ2n) is 5.33. The van der Waals surface area contributed by atoms with Gasteiger partial charge in [0.25, 0.3) is 0 Å². The zero-order valence-electron chi connectivity index (χ0n) is 12.5. The normalized spacial score (nSPS) is 12.8. The monoisotopic (exact) mass is 275 g/mol. The lowest BCUT2D eigenvalue weighted by Crippen LogP contribution is -2.21. The minimum absolute atomic E-state index is 0.201. The molecule has 0 spiro atoms. The van der Waals surface area contributed by atoms with Crippen molar-refractivity contribution in [3.8, 4) is 0 Å². The van der Waals surface area contributed by atoms with E-state index in [0.717, 1.165) is 23.3 Å². The van der Waals surface area contributed by atoms with Crippen molar-refractivity contribution in [1.82, 2.24) is 14.5 Å². The van der Waals surface area contributed by atoms with Gasteiger partial charge in [-0.05, 0) is 25.3 Å². The largest absolute Gasteiger partial charge is 0.465 e. The molecule has 0 aliphatic rings. The van der Waals surface area contributed by atoms with E-state index < -0.39 is 0 Å². The van der Waals surface area contributed by atoms with Gasteiger partial charge in [0, 0.05) is 13.2 Å². The van der Waals surface area contributed by atoms with Gasteiger partial charge < -0.3 is 9.30 Å². The molecule has 2 aromatic heterocycles. The first-order valence-electron chi connectivity index (χ1n) is 6.97. The van der Waals surface area contributed by atoms with E-state index in [9.17, 15) is 4.79 Å². The molecule has 0 bridgehead atoms. The highest BCUT2D eigenvalue weighted by Crippen LogP contribution is 2.27. The standard InChI is InChI=1S/C15H21N3O2/c1-5-20-15(19)11(8-10(2)3)14-17-12-9-16-7-6-13(12)18(14)4/h6-7,9-11H,5,8H2,1-4H3. The van der Waals surface area contributed by atoms with Crippen LogP contribution in [0.5, 0.6) is 0 Å². The fraction of sp³-hybridized carbons (Fsp3) is 0.533. The SMILES string of the molecule is CCOC(=O)C(CC(C)C)c1nc2cnccc2n1C. The molecule has 20 heavy (non-hydrogen) atoms. The Balaban J connectivity index is 2.44. The first-order valence-corrected chi connectivity index (χ1v) is 6.97. The number of aromatic nitrogens is 3. The minimum atomic E-state index is -0.327. The number of rotatable bonds is 5. The Morgan fingerprint density at radius 1 is 1.45 bits per heavy atom. The summed E-state index contributed by atoms with van der Waals surface area (Å²) in [5, 5.41) is 0. The van der Waals surface area contributed by atoms with Gasteiger partial charge >= 0.3 is 5.97 Å². The quantitative estimate of drug-likeness (QED) is 0.787. The average molecular weight is 275 g/mol. The molecular formula is C15H21N3O2. The van der Waals surface area contributed by atoms with Gasteiger partial charge in [0.1, 0.15) is 17.3 Å². The average Bonchev–Trinajstić information content (AvgIpc) is 2.74. The molecule has 0 saturated carbocycles. The second kappa shape index (κ2) is 6.03. The molecule has 1 atom stereocenters. The fourth-order valence-corrected chi connectivity index (χ4v) is 2.40. The van der Waals surface area contributed by atoms with Gasteiger partial charge in [-0.15, -0.1) is 0 Å². The van der Waals surface area contributed by atoms with Crippen LogP contribution in [0.25, 0.3) is 11.0 Å². The number of esters is 1. The molecule has 0 aliphatic heterocycles. The van der Waals surface area contributed by atoms with E-state index in [1.165, 1.54) is 0 Å². The maximum atomic E-state index is 12.2. The Labute approximate surface area is 119 Å². The molecule has 0 radical (unpaired) electrons. The summed E-state index contributed by atoms with van der Waals surface area (Å²) in [4.78, 5) is 20.9. The predicted octanol–water partition coefficient (Wildman–Crippen LogP) is 2.66. The van der Waals surface area contributed by atoms with Crippen LogP contribution in [0.3, 0.4) is 0 Å². The number of aryl methyl sites for hydroxylation is 1. The van der Waals surface area contributed by atoms with Crippen molar-refractivity contribution in [2.24, 2.45) is 13.0 Å². The third kappa shape index (κ3) is 2.81. The second-order valence-corrected chi connectivity index (χ2v) is 5.33. The van der Waals surface area contributed by atoms with Crippen LogP contribution in [0.1, 0.15) is 38.9 Å². The predicted molar refractivity (Wildman–Crippen MR) is 77.3 cm³/mol. The van der Waals surface area contributed by atoms with Crippen molar-refractivity contribution in [1.29, 1.82) is 0 Å². The van der Waals surface area contributed by atoms with E-state index in [1.54, 1.807) is 12.4 Å². The van der Waals surface area contributed by atoms with Crippen molar-refractivity contribution in [2.45, 2.75) is 33.1 Å². The van der Waals surface area contributed by atoms with Gasteiger partial charge in [0.05, 0.1) is 18.3 Å². The lowest BCUT2D eigenvalue weighted by atomic mass is 9.96. The van der Waals surface area contributed by atoms with Crippen molar-refractivity contribution < 1.29 is 9.53 Å². The smallest absolute Gasteiger partial charge is 0.316 e. The summed E-state index contributed by atoms with van der Waals surface area (Å²) < 4.78 is 7.16. The number of nitrogens with zero attached hydrogens (tertiary/aromatic N) is 3. The summed E-state index contributed by atoms with van der Waals surface area (Å²) in [7, 11) is 1.93. The first-order chi connectivity index (χ1) is 9.54. The van der Waals surface area contributed by atoms with Crippen LogP contribution in [0.4, 0.5) is 0 Å². The van der Waals surface area contributed by atoms with Gasteiger partial charge in [-0.3, -0.25) is 9.78 Å². The Morgan fingerprint density at radius 2 is 2.20 bits per heavy atom. The Kier molecular flexibility index (Phi) is 4.37. The van der Waals surface area contributed by atoms with Gasteiger partial charge in [0.15, 0.2) is 0 Å². The van der Waals surface area contributed by atoms with Crippen LogP contribution in [0.2, 0.25) is 0 Å². The number of pyridine rings is 1. The summed E-state index contributed by atoms with van der Waals surface area (Å²) in [6.45, 7) is 6.40. The highest BCUT2D eigenvalue weighted by molar-refractivity contribution is 5.80. The molecular weight excluding hydrogens is 254 g/mol. The molecule has 108 valence electrons. The topological polar surface area (TPSA) is 57.0 Å². The maximum absolute atomic E-state index is 12.2. The summed E-state index contributed by atoms with van der Waals surface area (Å²) in [5.74, 6) is 0.613. The molecule has 2 rings (SSSR count). The number of hydrogen-bond acceptors (Lipinski definition) is 4. The number of fused-ring (bicyclic) bond motifs is 1. The molecule has 0 aliphatic carbocycles. The highest BCUT2D eigenvalue weighted by Gasteiger charge is 2.28. The van der Waals surface area contributed by atoms with Crippen LogP contribution in [-0.2, 0) is 16.6 Å². The Morgan fingerprint density at radius 3 is 2.80 bits per heavy atom. The zero-order chi connectivity index (χ0) is 14.7. The number of carbonyl (C=O) groups is 1. The summed E-state index contributed by atoms with van der Waals surface area (Å²) in [5.41, 5.74) is 1.79. The molecule has 5 heteroatoms. The van der Waals surface area contributed by atoms with Gasteiger partial charge in [-0.1, -0.05) is 13.8 Å². The third-order valence-electron chi connectivity index (χ3n) is 3.31. The van der Waals surface area contributed by atoms with Crippen molar-refractivity contribution in [3.63, 3.8) is 0 Å². The molecule has 2 heterocycles. The van der Waals surface area contributed by atoms with Gasteiger partial charge in [-0.2, -0.15) is 0 Å². The summed E-state index contributed by atoms with van der Waals surface area (Å²) in [6, 6.07) is 1.91. The van der Waals surface area contributed by atoms with E-state index in [0.29, 0.717) is 12.5 Å². The molecule has 0 amide bonds. The number of imidazole rings is 1. The lowest BCUT2D eigenvalue weighted by molar-refractivity contribution is -0.145. The molecule has 1 unspecified atom stereocenters. The molecule has 0 aromatic carbocycles. The fourth-order valence-electron chi connectivity index (χ4n) is 2.40. The number of ether oxygens (including phenoxy) is 1. The van der Waals surface area contributed by atoms with Crippen LogP contribution in [0, 0.1) is 5.92 Å².